The third-order valence-corrected chi connectivity index (χ3v) is 4.06. The van der Waals surface area contributed by atoms with Gasteiger partial charge in [-0.05, 0) is 31.4 Å². The molecule has 0 heterocycles. The number of carbonyl (C=O) groups excluding carboxylic acids is 2. The Labute approximate surface area is 147 Å². The quantitative estimate of drug-likeness (QED) is 0.710. The zero-order valence-electron chi connectivity index (χ0n) is 14.8. The van der Waals surface area contributed by atoms with Crippen molar-refractivity contribution in [3.8, 4) is 0 Å². The molecule has 0 spiro atoms. The van der Waals surface area contributed by atoms with Gasteiger partial charge in [-0.15, -0.1) is 0 Å². The zero-order valence-corrected chi connectivity index (χ0v) is 14.8. The fourth-order valence-corrected chi connectivity index (χ4v) is 2.46. The van der Waals surface area contributed by atoms with E-state index in [9.17, 15) is 23.9 Å². The molecule has 2 amide bonds. The van der Waals surface area contributed by atoms with Gasteiger partial charge in [0.1, 0.15) is 11.9 Å². The van der Waals surface area contributed by atoms with E-state index in [-0.39, 0.29) is 30.7 Å². The number of nitrogens with one attached hydrogen (secondary N) is 1. The van der Waals surface area contributed by atoms with Gasteiger partial charge in [0, 0.05) is 25.9 Å². The number of carboxylic acids is 1. The van der Waals surface area contributed by atoms with Crippen LogP contribution in [0.2, 0.25) is 0 Å². The number of aryl methyl sites for hydroxylation is 1. The lowest BCUT2D eigenvalue weighted by Gasteiger charge is -2.29. The van der Waals surface area contributed by atoms with Crippen molar-refractivity contribution in [3.05, 3.63) is 35.6 Å². The van der Waals surface area contributed by atoms with Crippen LogP contribution in [-0.4, -0.2) is 46.9 Å². The lowest BCUT2D eigenvalue weighted by atomic mass is 9.99. The maximum atomic E-state index is 13.7. The number of carboxylic acid groups (broad SMARTS) is 1. The molecule has 2 unspecified atom stereocenters. The van der Waals surface area contributed by atoms with Gasteiger partial charge in [-0.2, -0.15) is 0 Å². The molecule has 0 aliphatic carbocycles. The fourth-order valence-electron chi connectivity index (χ4n) is 2.46. The maximum absolute atomic E-state index is 13.7. The van der Waals surface area contributed by atoms with Gasteiger partial charge in [-0.3, -0.25) is 9.59 Å². The average Bonchev–Trinajstić information content (AvgIpc) is 2.56. The van der Waals surface area contributed by atoms with Gasteiger partial charge in [0.25, 0.3) is 0 Å². The molecule has 0 aliphatic heterocycles. The van der Waals surface area contributed by atoms with Gasteiger partial charge >= 0.3 is 5.97 Å². The van der Waals surface area contributed by atoms with Gasteiger partial charge in [0.2, 0.25) is 11.8 Å². The molecule has 0 aliphatic rings. The fraction of sp³-hybridized carbons (Fsp3) is 0.500. The number of nitrogens with zero attached hydrogens (tertiary/aromatic N) is 1. The van der Waals surface area contributed by atoms with E-state index in [0.717, 1.165) is 0 Å². The summed E-state index contributed by atoms with van der Waals surface area (Å²) in [6.45, 7) is 4.76. The normalized spacial score (nSPS) is 13.0. The highest BCUT2D eigenvalue weighted by Gasteiger charge is 2.28. The van der Waals surface area contributed by atoms with Crippen molar-refractivity contribution < 1.29 is 23.9 Å². The number of halogens is 1. The minimum atomic E-state index is -1.11. The molecular weight excluding hydrogens is 327 g/mol. The molecule has 138 valence electrons. The van der Waals surface area contributed by atoms with E-state index >= 15 is 0 Å². The van der Waals surface area contributed by atoms with Crippen LogP contribution in [0.25, 0.3) is 0 Å². The summed E-state index contributed by atoms with van der Waals surface area (Å²) in [5, 5.41) is 11.8. The van der Waals surface area contributed by atoms with E-state index < -0.39 is 17.9 Å². The van der Waals surface area contributed by atoms with Crippen LogP contribution >= 0.6 is 0 Å². The number of amides is 2. The van der Waals surface area contributed by atoms with Crippen LogP contribution < -0.4 is 5.32 Å². The molecule has 1 aromatic carbocycles. The van der Waals surface area contributed by atoms with Crippen molar-refractivity contribution in [1.82, 2.24) is 10.2 Å². The van der Waals surface area contributed by atoms with Crippen LogP contribution in [0.5, 0.6) is 0 Å². The number of carbonyl (C=O) groups is 3. The first-order valence-electron chi connectivity index (χ1n) is 8.25. The van der Waals surface area contributed by atoms with E-state index in [1.54, 1.807) is 25.1 Å². The van der Waals surface area contributed by atoms with E-state index in [4.69, 9.17) is 0 Å². The largest absolute Gasteiger partial charge is 0.480 e. The van der Waals surface area contributed by atoms with Crippen LogP contribution in [0.3, 0.4) is 0 Å². The molecule has 1 aromatic rings. The minimum Gasteiger partial charge on any atom is -0.480 e. The summed E-state index contributed by atoms with van der Waals surface area (Å²) in [4.78, 5) is 36.1. The second-order valence-electron chi connectivity index (χ2n) is 6.06. The summed E-state index contributed by atoms with van der Waals surface area (Å²) in [5.74, 6) is -2.46. The van der Waals surface area contributed by atoms with Crippen molar-refractivity contribution in [1.29, 1.82) is 0 Å². The number of rotatable bonds is 9. The first-order chi connectivity index (χ1) is 11.7. The first-order valence-corrected chi connectivity index (χ1v) is 8.25. The molecule has 6 nitrogen and oxygen atoms in total. The van der Waals surface area contributed by atoms with E-state index in [1.165, 1.54) is 24.8 Å². The summed E-state index contributed by atoms with van der Waals surface area (Å²) < 4.78 is 13.7. The Bertz CT molecular complexity index is 621. The third-order valence-electron chi connectivity index (χ3n) is 4.06. The van der Waals surface area contributed by atoms with Gasteiger partial charge in [-0.25, -0.2) is 9.18 Å². The monoisotopic (exact) mass is 352 g/mol. The van der Waals surface area contributed by atoms with Crippen LogP contribution in [0.1, 0.15) is 32.8 Å². The highest BCUT2D eigenvalue weighted by molar-refractivity contribution is 5.84. The molecule has 1 rings (SSSR count). The summed E-state index contributed by atoms with van der Waals surface area (Å²) in [6.07, 6.45) is 0.795. The van der Waals surface area contributed by atoms with Crippen molar-refractivity contribution >= 4 is 17.8 Å². The lowest BCUT2D eigenvalue weighted by Crippen LogP contribution is -2.48. The molecule has 0 saturated heterocycles. The molecule has 0 radical (unpaired) electrons. The lowest BCUT2D eigenvalue weighted by molar-refractivity contribution is -0.151. The van der Waals surface area contributed by atoms with Gasteiger partial charge in [0.05, 0.1) is 0 Å². The van der Waals surface area contributed by atoms with Crippen LogP contribution in [-0.2, 0) is 20.8 Å². The Morgan fingerprint density at radius 1 is 1.24 bits per heavy atom. The topological polar surface area (TPSA) is 86.7 Å². The standard InChI is InChI=1S/C18H25FN2O4/c1-12(8-9-15-6-4-5-7-16(15)19)17(23)21(13(2)18(24)25)11-10-20-14(3)22/h4-7,12-13H,8-11H2,1-3H3,(H,20,22)(H,24,25). The Morgan fingerprint density at radius 2 is 1.88 bits per heavy atom. The summed E-state index contributed by atoms with van der Waals surface area (Å²) in [5.41, 5.74) is 0.526. The highest BCUT2D eigenvalue weighted by atomic mass is 19.1. The summed E-state index contributed by atoms with van der Waals surface area (Å²) in [6, 6.07) is 5.37. The van der Waals surface area contributed by atoms with Crippen LogP contribution in [0.4, 0.5) is 4.39 Å². The second-order valence-corrected chi connectivity index (χ2v) is 6.06. The summed E-state index contributed by atoms with van der Waals surface area (Å²) in [7, 11) is 0. The second kappa shape index (κ2) is 9.76. The van der Waals surface area contributed by atoms with Crippen LogP contribution in [0.15, 0.2) is 24.3 Å². The molecule has 0 saturated carbocycles. The molecule has 0 aromatic heterocycles. The smallest absolute Gasteiger partial charge is 0.326 e. The molecular formula is C18H25FN2O4. The molecule has 7 heteroatoms. The van der Waals surface area contributed by atoms with Crippen molar-refractivity contribution in [2.75, 3.05) is 13.1 Å². The van der Waals surface area contributed by atoms with Crippen molar-refractivity contribution in [2.45, 2.75) is 39.7 Å². The molecule has 2 N–H and O–H groups in total. The highest BCUT2D eigenvalue weighted by Crippen LogP contribution is 2.16. The van der Waals surface area contributed by atoms with Gasteiger partial charge in [-0.1, -0.05) is 25.1 Å². The predicted molar refractivity (Wildman–Crippen MR) is 91.4 cm³/mol. The minimum absolute atomic E-state index is 0.107. The SMILES string of the molecule is CC(=O)NCCN(C(=O)C(C)CCc1ccccc1F)C(C)C(=O)O. The number of aliphatic carboxylic acids is 1. The Balaban J connectivity index is 2.72. The molecule has 25 heavy (non-hydrogen) atoms. The average molecular weight is 352 g/mol. The Morgan fingerprint density at radius 3 is 2.44 bits per heavy atom. The summed E-state index contributed by atoms with van der Waals surface area (Å²) >= 11 is 0. The van der Waals surface area contributed by atoms with E-state index in [0.29, 0.717) is 18.4 Å². The number of benzene rings is 1. The number of hydrogen-bond donors (Lipinski definition) is 2. The first kappa shape index (κ1) is 20.6. The number of hydrogen-bond acceptors (Lipinski definition) is 3. The third kappa shape index (κ3) is 6.52. The van der Waals surface area contributed by atoms with Crippen molar-refractivity contribution in [3.63, 3.8) is 0 Å². The van der Waals surface area contributed by atoms with Gasteiger partial charge < -0.3 is 15.3 Å². The van der Waals surface area contributed by atoms with E-state index in [1.807, 2.05) is 0 Å². The predicted octanol–water partition coefficient (Wildman–Crippen LogP) is 1.83. The molecule has 2 atom stereocenters. The molecule has 0 bridgehead atoms. The van der Waals surface area contributed by atoms with Gasteiger partial charge in [0.15, 0.2) is 0 Å². The van der Waals surface area contributed by atoms with Crippen LogP contribution in [0, 0.1) is 11.7 Å². The Kier molecular flexibility index (Phi) is 8.04. The molecule has 0 fully saturated rings. The maximum Gasteiger partial charge on any atom is 0.326 e. The van der Waals surface area contributed by atoms with E-state index in [2.05, 4.69) is 5.32 Å². The van der Waals surface area contributed by atoms with Crippen molar-refractivity contribution in [2.24, 2.45) is 5.92 Å². The Hall–Kier alpha value is -2.44. The zero-order chi connectivity index (χ0) is 19.0.